The summed E-state index contributed by atoms with van der Waals surface area (Å²) in [4.78, 5) is 37.7. The Balaban J connectivity index is 0.00000250. The molecule has 2 aliphatic heterocycles. The quantitative estimate of drug-likeness (QED) is 0.229. The molecule has 2 aromatic carbocycles. The van der Waals surface area contributed by atoms with E-state index in [0.29, 0.717) is 61.6 Å². The molecule has 6 rings (SSSR count). The molecule has 4 aromatic rings. The summed E-state index contributed by atoms with van der Waals surface area (Å²) in [5.74, 6) is -0.550. The largest absolute Gasteiger partial charge is 0.507 e. The number of carbonyl (C=O) groups excluding carboxylic acids is 1. The van der Waals surface area contributed by atoms with Gasteiger partial charge in [-0.3, -0.25) is 9.59 Å². The second-order valence-electron chi connectivity index (χ2n) is 12.1. The number of phenols is 2. The van der Waals surface area contributed by atoms with E-state index in [1.54, 1.807) is 30.5 Å². The Morgan fingerprint density at radius 2 is 1.74 bits per heavy atom. The van der Waals surface area contributed by atoms with Crippen molar-refractivity contribution in [2.45, 2.75) is 31.3 Å². The number of phenolic OH excluding ortho intramolecular Hbond substituents is 2. The fourth-order valence-electron chi connectivity index (χ4n) is 6.44. The van der Waals surface area contributed by atoms with Crippen LogP contribution in [0.15, 0.2) is 63.9 Å². The fourth-order valence-corrected chi connectivity index (χ4v) is 6.67. The molecule has 10 nitrogen and oxygen atoms in total. The lowest BCUT2D eigenvalue weighted by atomic mass is 9.85. The van der Waals surface area contributed by atoms with Crippen LogP contribution in [0.4, 0.5) is 11.5 Å². The van der Waals surface area contributed by atoms with Crippen molar-refractivity contribution in [2.75, 3.05) is 57.1 Å². The van der Waals surface area contributed by atoms with E-state index in [-0.39, 0.29) is 64.9 Å². The number of aromatic hydroxyl groups is 2. The van der Waals surface area contributed by atoms with Gasteiger partial charge in [-0.15, -0.1) is 24.8 Å². The van der Waals surface area contributed by atoms with Crippen LogP contribution in [0.3, 0.4) is 0 Å². The van der Waals surface area contributed by atoms with Gasteiger partial charge in [0.1, 0.15) is 40.2 Å². The molecule has 0 aliphatic carbocycles. The third kappa shape index (κ3) is 7.41. The average molecular weight is 706 g/mol. The van der Waals surface area contributed by atoms with E-state index in [2.05, 4.69) is 14.8 Å². The van der Waals surface area contributed by atoms with Gasteiger partial charge in [0.25, 0.3) is 0 Å². The second kappa shape index (κ2) is 15.0. The number of aromatic nitrogens is 1. The number of hydrogen-bond acceptors (Lipinski definition) is 10. The van der Waals surface area contributed by atoms with Gasteiger partial charge < -0.3 is 34.1 Å². The van der Waals surface area contributed by atoms with Gasteiger partial charge in [-0.2, -0.15) is 0 Å². The number of anilines is 2. The molecule has 252 valence electrons. The van der Waals surface area contributed by atoms with Crippen LogP contribution in [0, 0.1) is 5.92 Å². The highest BCUT2D eigenvalue weighted by atomic mass is 35.5. The summed E-state index contributed by atoms with van der Waals surface area (Å²) >= 11 is 6.41. The number of carbonyl (C=O) groups is 1. The van der Waals surface area contributed by atoms with Crippen molar-refractivity contribution in [3.63, 3.8) is 0 Å². The summed E-state index contributed by atoms with van der Waals surface area (Å²) in [6, 6.07) is 13.4. The SMILES string of the molecule is CN1CC[C@H](c2c(O)cc(O)c3c(=O)cc(-c4ccccc4Cl)oc23)[C@H](OC(=O)C2CCN(c3cc(N(C)C)ccn3)CC2)C1.Cl.Cl. The monoisotopic (exact) mass is 704 g/mol. The van der Waals surface area contributed by atoms with Crippen LogP contribution in [-0.4, -0.2) is 79.5 Å². The van der Waals surface area contributed by atoms with Crippen LogP contribution in [0.1, 0.15) is 30.7 Å². The van der Waals surface area contributed by atoms with Crippen LogP contribution < -0.4 is 15.2 Å². The molecule has 0 unspecified atom stereocenters. The minimum atomic E-state index is -0.611. The molecular formula is C34H39Cl3N4O6. The third-order valence-corrected chi connectivity index (χ3v) is 9.27. The van der Waals surface area contributed by atoms with Gasteiger partial charge >= 0.3 is 5.97 Å². The Labute approximate surface area is 290 Å². The molecule has 0 spiro atoms. The van der Waals surface area contributed by atoms with E-state index in [0.717, 1.165) is 17.6 Å². The summed E-state index contributed by atoms with van der Waals surface area (Å²) in [5, 5.41) is 22.2. The molecule has 2 N–H and O–H groups in total. The number of likely N-dealkylation sites (tertiary alicyclic amines) is 1. The molecule has 2 fully saturated rings. The molecule has 2 atom stereocenters. The number of piperidine rings is 2. The number of fused-ring (bicyclic) bond motifs is 1. The van der Waals surface area contributed by atoms with Crippen molar-refractivity contribution in [2.24, 2.45) is 5.92 Å². The van der Waals surface area contributed by atoms with E-state index in [9.17, 15) is 19.8 Å². The predicted molar refractivity (Wildman–Crippen MR) is 189 cm³/mol. The van der Waals surface area contributed by atoms with Gasteiger partial charge in [-0.05, 0) is 51.1 Å². The van der Waals surface area contributed by atoms with Crippen molar-refractivity contribution in [3.8, 4) is 22.8 Å². The van der Waals surface area contributed by atoms with E-state index >= 15 is 0 Å². The highest BCUT2D eigenvalue weighted by Crippen LogP contribution is 2.44. The molecule has 2 saturated heterocycles. The first-order chi connectivity index (χ1) is 21.6. The van der Waals surface area contributed by atoms with E-state index in [1.807, 2.05) is 38.2 Å². The fraction of sp³-hybridized carbons (Fsp3) is 0.382. The van der Waals surface area contributed by atoms with Gasteiger partial charge in [0, 0.05) is 80.9 Å². The van der Waals surface area contributed by atoms with Crippen LogP contribution in [0.2, 0.25) is 5.02 Å². The minimum absolute atomic E-state index is 0. The molecular weight excluding hydrogens is 667 g/mol. The number of likely N-dealkylation sites (N-methyl/N-ethyl adjacent to an activating group) is 1. The highest BCUT2D eigenvalue weighted by molar-refractivity contribution is 6.33. The molecule has 13 heteroatoms. The normalized spacial score (nSPS) is 18.7. The lowest BCUT2D eigenvalue weighted by Crippen LogP contribution is -2.45. The second-order valence-corrected chi connectivity index (χ2v) is 12.6. The first kappa shape index (κ1) is 36.1. The number of halogens is 3. The Bertz CT molecular complexity index is 1790. The van der Waals surface area contributed by atoms with Gasteiger partial charge in [0.15, 0.2) is 5.43 Å². The molecule has 0 saturated carbocycles. The lowest BCUT2D eigenvalue weighted by molar-refractivity contribution is -0.158. The number of ether oxygens (including phenoxy) is 1. The average Bonchev–Trinajstić information content (AvgIpc) is 3.02. The maximum atomic E-state index is 13.6. The van der Waals surface area contributed by atoms with Crippen LogP contribution in [-0.2, 0) is 9.53 Å². The smallest absolute Gasteiger partial charge is 0.309 e. The van der Waals surface area contributed by atoms with Gasteiger partial charge in [-0.25, -0.2) is 4.98 Å². The third-order valence-electron chi connectivity index (χ3n) is 8.94. The van der Waals surface area contributed by atoms with E-state index in [4.69, 9.17) is 20.8 Å². The highest BCUT2D eigenvalue weighted by Gasteiger charge is 2.38. The van der Waals surface area contributed by atoms with E-state index < -0.39 is 17.5 Å². The van der Waals surface area contributed by atoms with E-state index in [1.165, 1.54) is 6.07 Å². The number of hydrogen-bond donors (Lipinski definition) is 2. The van der Waals surface area contributed by atoms with Gasteiger partial charge in [0.05, 0.1) is 10.9 Å². The predicted octanol–water partition coefficient (Wildman–Crippen LogP) is 6.08. The summed E-state index contributed by atoms with van der Waals surface area (Å²) in [7, 11) is 5.93. The van der Waals surface area contributed by atoms with Crippen molar-refractivity contribution in [3.05, 3.63) is 75.5 Å². The first-order valence-electron chi connectivity index (χ1n) is 15.2. The summed E-state index contributed by atoms with van der Waals surface area (Å²) < 4.78 is 12.5. The summed E-state index contributed by atoms with van der Waals surface area (Å²) in [6.45, 7) is 2.47. The molecule has 4 heterocycles. The standard InChI is InChI=1S/C34H37ClN4O6.2ClH/c1-37(2)21-8-12-36-30(16-21)39-14-9-20(10-15-39)34(43)45-29-19-38(3)13-11-23(29)31-25(40)17-26(41)32-27(42)18-28(44-33(31)32)22-6-4-5-7-24(22)35;;/h4-8,12,16-18,20,23,29,40-41H,9-11,13-15,19H2,1-3H3;2*1H/t23-,29+;;/m0../s1. The Morgan fingerprint density at radius 3 is 2.45 bits per heavy atom. The van der Waals surface area contributed by atoms with Gasteiger partial charge in [-0.1, -0.05) is 23.7 Å². The number of benzene rings is 2. The maximum absolute atomic E-state index is 13.6. The number of esters is 1. The minimum Gasteiger partial charge on any atom is -0.507 e. The lowest BCUT2D eigenvalue weighted by Gasteiger charge is -2.38. The molecule has 0 amide bonds. The number of rotatable bonds is 6. The van der Waals surface area contributed by atoms with Gasteiger partial charge in [0.2, 0.25) is 0 Å². The molecule has 0 bridgehead atoms. The van der Waals surface area contributed by atoms with Crippen LogP contribution >= 0.6 is 36.4 Å². The zero-order chi connectivity index (χ0) is 31.8. The Kier molecular flexibility index (Phi) is 11.6. The Hall–Kier alpha value is -3.70. The number of nitrogens with zero attached hydrogens (tertiary/aromatic N) is 4. The zero-order valence-corrected chi connectivity index (χ0v) is 28.8. The summed E-state index contributed by atoms with van der Waals surface area (Å²) in [5.41, 5.74) is 1.50. The van der Waals surface area contributed by atoms with Crippen molar-refractivity contribution >= 4 is 64.9 Å². The molecule has 47 heavy (non-hydrogen) atoms. The molecule has 2 aromatic heterocycles. The van der Waals surface area contributed by atoms with Crippen LogP contribution in [0.25, 0.3) is 22.3 Å². The Morgan fingerprint density at radius 1 is 1.02 bits per heavy atom. The number of pyridine rings is 1. The van der Waals surface area contributed by atoms with Crippen molar-refractivity contribution < 1.29 is 24.2 Å². The molecule has 0 radical (unpaired) electrons. The molecule has 2 aliphatic rings. The summed E-state index contributed by atoms with van der Waals surface area (Å²) in [6.07, 6.45) is 2.98. The van der Waals surface area contributed by atoms with Crippen molar-refractivity contribution in [1.82, 2.24) is 9.88 Å². The van der Waals surface area contributed by atoms with Crippen molar-refractivity contribution in [1.29, 1.82) is 0 Å². The zero-order valence-electron chi connectivity index (χ0n) is 26.4. The topological polar surface area (TPSA) is 120 Å². The maximum Gasteiger partial charge on any atom is 0.309 e. The van der Waals surface area contributed by atoms with Crippen LogP contribution in [0.5, 0.6) is 11.5 Å². The first-order valence-corrected chi connectivity index (χ1v) is 15.5.